The van der Waals surface area contributed by atoms with Crippen molar-refractivity contribution in [2.24, 2.45) is 0 Å². The molecule has 0 spiro atoms. The molecule has 0 aliphatic carbocycles. The summed E-state index contributed by atoms with van der Waals surface area (Å²) >= 11 is 0. The zero-order chi connectivity index (χ0) is 25.7. The maximum absolute atomic E-state index is 13.5. The van der Waals surface area contributed by atoms with Crippen molar-refractivity contribution < 1.29 is 4.39 Å². The summed E-state index contributed by atoms with van der Waals surface area (Å²) < 4.78 is 13.5. The molecule has 1 aliphatic rings. The summed E-state index contributed by atoms with van der Waals surface area (Å²) in [5.74, 6) is 1.35. The van der Waals surface area contributed by atoms with Crippen molar-refractivity contribution in [1.29, 1.82) is 0 Å². The molecule has 0 radical (unpaired) electrons. The summed E-state index contributed by atoms with van der Waals surface area (Å²) in [5, 5.41) is 0. The van der Waals surface area contributed by atoms with E-state index in [1.165, 1.54) is 17.7 Å². The molecule has 1 fully saturated rings. The van der Waals surface area contributed by atoms with Crippen molar-refractivity contribution in [1.82, 2.24) is 19.9 Å². The second-order valence-electron chi connectivity index (χ2n) is 9.52. The molecule has 2 aromatic heterocycles. The quantitative estimate of drug-likeness (QED) is 0.272. The Morgan fingerprint density at radius 3 is 2.05 bits per heavy atom. The van der Waals surface area contributed by atoms with E-state index in [1.54, 1.807) is 18.3 Å². The number of pyridine rings is 1. The standard InChI is InChI=1S/C32H28FN5/c33-29-13-11-25(12-14-29)27-19-28(22-34-21-27)30-20-31(36-32(35-30)26-9-5-2-6-10-26)38-17-15-37(16-18-38)23-24-7-3-1-4-8-24/h1-14,19-22H,15-18,23H2. The molecule has 1 saturated heterocycles. The number of anilines is 1. The SMILES string of the molecule is Fc1ccc(-c2cncc(-c3cc(N4CCN(Cc5ccccc5)CC4)nc(-c4ccccc4)n3)c2)cc1. The minimum atomic E-state index is -0.255. The van der Waals surface area contributed by atoms with E-state index in [0.29, 0.717) is 5.82 Å². The molecule has 0 amide bonds. The molecule has 0 saturated carbocycles. The molecule has 5 aromatic rings. The van der Waals surface area contributed by atoms with Crippen LogP contribution in [0.5, 0.6) is 0 Å². The van der Waals surface area contributed by atoms with Crippen LogP contribution in [0.3, 0.4) is 0 Å². The molecule has 3 heterocycles. The van der Waals surface area contributed by atoms with Crippen LogP contribution in [-0.4, -0.2) is 46.0 Å². The number of piperazine rings is 1. The van der Waals surface area contributed by atoms with E-state index >= 15 is 0 Å². The van der Waals surface area contributed by atoms with E-state index in [0.717, 1.165) is 66.5 Å². The van der Waals surface area contributed by atoms with E-state index < -0.39 is 0 Å². The zero-order valence-corrected chi connectivity index (χ0v) is 21.0. The third kappa shape index (κ3) is 5.45. The van der Waals surface area contributed by atoms with Gasteiger partial charge in [0.2, 0.25) is 0 Å². The predicted molar refractivity (Wildman–Crippen MR) is 150 cm³/mol. The number of benzene rings is 3. The molecule has 1 aliphatic heterocycles. The zero-order valence-electron chi connectivity index (χ0n) is 21.0. The first kappa shape index (κ1) is 23.9. The molecule has 0 unspecified atom stereocenters. The molecule has 3 aromatic carbocycles. The van der Waals surface area contributed by atoms with Gasteiger partial charge >= 0.3 is 0 Å². The number of aromatic nitrogens is 3. The van der Waals surface area contributed by atoms with Crippen LogP contribution >= 0.6 is 0 Å². The second-order valence-corrected chi connectivity index (χ2v) is 9.52. The molecule has 0 N–H and O–H groups in total. The van der Waals surface area contributed by atoms with Gasteiger partial charge in [-0.3, -0.25) is 9.88 Å². The van der Waals surface area contributed by atoms with Gasteiger partial charge in [-0.05, 0) is 29.3 Å². The topological polar surface area (TPSA) is 45.2 Å². The molecule has 0 atom stereocenters. The first-order valence-electron chi connectivity index (χ1n) is 12.9. The van der Waals surface area contributed by atoms with Gasteiger partial charge in [-0.1, -0.05) is 72.8 Å². The Balaban J connectivity index is 1.30. The van der Waals surface area contributed by atoms with Gasteiger partial charge in [0.05, 0.1) is 5.69 Å². The molecule has 38 heavy (non-hydrogen) atoms. The first-order valence-corrected chi connectivity index (χ1v) is 12.9. The van der Waals surface area contributed by atoms with Crippen LogP contribution in [0.15, 0.2) is 109 Å². The van der Waals surface area contributed by atoms with Crippen LogP contribution < -0.4 is 4.90 Å². The summed E-state index contributed by atoms with van der Waals surface area (Å²) in [6, 6.07) is 31.3. The number of nitrogens with zero attached hydrogens (tertiary/aromatic N) is 5. The fourth-order valence-electron chi connectivity index (χ4n) is 4.82. The molecular formula is C32H28FN5. The van der Waals surface area contributed by atoms with Gasteiger partial charge in [0.15, 0.2) is 5.82 Å². The number of halogens is 1. The van der Waals surface area contributed by atoms with Crippen molar-refractivity contribution in [3.63, 3.8) is 0 Å². The lowest BCUT2D eigenvalue weighted by Gasteiger charge is -2.35. The molecule has 6 heteroatoms. The largest absolute Gasteiger partial charge is 0.354 e. The minimum absolute atomic E-state index is 0.255. The van der Waals surface area contributed by atoms with E-state index in [9.17, 15) is 4.39 Å². The first-order chi connectivity index (χ1) is 18.7. The molecule has 5 nitrogen and oxygen atoms in total. The maximum Gasteiger partial charge on any atom is 0.162 e. The highest BCUT2D eigenvalue weighted by Gasteiger charge is 2.20. The Kier molecular flexibility index (Phi) is 6.87. The molecule has 0 bridgehead atoms. The lowest BCUT2D eigenvalue weighted by molar-refractivity contribution is 0.249. The van der Waals surface area contributed by atoms with Crippen LogP contribution in [0, 0.1) is 5.82 Å². The summed E-state index contributed by atoms with van der Waals surface area (Å²) in [5.41, 5.74) is 5.85. The Bertz CT molecular complexity index is 1500. The van der Waals surface area contributed by atoms with Crippen LogP contribution in [0.2, 0.25) is 0 Å². The predicted octanol–water partition coefficient (Wildman–Crippen LogP) is 6.33. The van der Waals surface area contributed by atoms with E-state index in [2.05, 4.69) is 57.2 Å². The highest BCUT2D eigenvalue weighted by atomic mass is 19.1. The van der Waals surface area contributed by atoms with Crippen LogP contribution in [0.4, 0.5) is 10.2 Å². The van der Waals surface area contributed by atoms with Crippen molar-refractivity contribution in [3.8, 4) is 33.8 Å². The van der Waals surface area contributed by atoms with Crippen molar-refractivity contribution >= 4 is 5.82 Å². The molecule has 188 valence electrons. The van der Waals surface area contributed by atoms with Crippen LogP contribution in [0.25, 0.3) is 33.8 Å². The Labute approximate surface area is 222 Å². The molecular weight excluding hydrogens is 473 g/mol. The van der Waals surface area contributed by atoms with Gasteiger partial charge in [-0.15, -0.1) is 0 Å². The Morgan fingerprint density at radius 2 is 1.32 bits per heavy atom. The van der Waals surface area contributed by atoms with Gasteiger partial charge < -0.3 is 4.90 Å². The fourth-order valence-corrected chi connectivity index (χ4v) is 4.82. The summed E-state index contributed by atoms with van der Waals surface area (Å²) in [4.78, 5) is 19.2. The van der Waals surface area contributed by atoms with E-state index in [1.807, 2.05) is 36.5 Å². The number of hydrogen-bond acceptors (Lipinski definition) is 5. The number of rotatable bonds is 6. The summed E-state index contributed by atoms with van der Waals surface area (Å²) in [7, 11) is 0. The minimum Gasteiger partial charge on any atom is -0.354 e. The Morgan fingerprint density at radius 1 is 0.632 bits per heavy atom. The normalized spacial score (nSPS) is 14.0. The maximum atomic E-state index is 13.5. The van der Waals surface area contributed by atoms with E-state index in [4.69, 9.17) is 9.97 Å². The van der Waals surface area contributed by atoms with Gasteiger partial charge in [0.1, 0.15) is 11.6 Å². The average Bonchev–Trinajstić information content (AvgIpc) is 2.99. The van der Waals surface area contributed by atoms with Gasteiger partial charge in [-0.2, -0.15) is 0 Å². The molecule has 6 rings (SSSR count). The lowest BCUT2D eigenvalue weighted by Crippen LogP contribution is -2.46. The third-order valence-electron chi connectivity index (χ3n) is 6.90. The van der Waals surface area contributed by atoms with Gasteiger partial charge in [0.25, 0.3) is 0 Å². The fraction of sp³-hybridized carbons (Fsp3) is 0.156. The number of hydrogen-bond donors (Lipinski definition) is 0. The van der Waals surface area contributed by atoms with Crippen molar-refractivity contribution in [2.45, 2.75) is 6.54 Å². The summed E-state index contributed by atoms with van der Waals surface area (Å²) in [6.07, 6.45) is 3.62. The third-order valence-corrected chi connectivity index (χ3v) is 6.90. The highest BCUT2D eigenvalue weighted by molar-refractivity contribution is 5.73. The summed E-state index contributed by atoms with van der Waals surface area (Å²) in [6.45, 7) is 4.69. The smallest absolute Gasteiger partial charge is 0.162 e. The average molecular weight is 502 g/mol. The van der Waals surface area contributed by atoms with Crippen LogP contribution in [0.1, 0.15) is 5.56 Å². The van der Waals surface area contributed by atoms with Gasteiger partial charge in [-0.25, -0.2) is 14.4 Å². The van der Waals surface area contributed by atoms with Crippen molar-refractivity contribution in [2.75, 3.05) is 31.1 Å². The van der Waals surface area contributed by atoms with Crippen molar-refractivity contribution in [3.05, 3.63) is 121 Å². The monoisotopic (exact) mass is 501 g/mol. The van der Waals surface area contributed by atoms with Crippen LogP contribution in [-0.2, 0) is 6.54 Å². The lowest BCUT2D eigenvalue weighted by atomic mass is 10.0. The Hall–Kier alpha value is -4.42. The van der Waals surface area contributed by atoms with E-state index in [-0.39, 0.29) is 5.82 Å². The highest BCUT2D eigenvalue weighted by Crippen LogP contribution is 2.29. The van der Waals surface area contributed by atoms with Gasteiger partial charge in [0, 0.05) is 67.9 Å². The second kappa shape index (κ2) is 10.9.